The molecule has 4 nitrogen and oxygen atoms in total. The van der Waals surface area contributed by atoms with Crippen molar-refractivity contribution in [3.63, 3.8) is 0 Å². The van der Waals surface area contributed by atoms with Crippen molar-refractivity contribution >= 4 is 11.6 Å². The number of benzene rings is 1. The van der Waals surface area contributed by atoms with Gasteiger partial charge in [-0.15, -0.1) is 0 Å². The molecular formula is C16H23N3O. The van der Waals surface area contributed by atoms with Gasteiger partial charge in [-0.05, 0) is 56.9 Å². The molecule has 1 amide bonds. The second kappa shape index (κ2) is 5.94. The van der Waals surface area contributed by atoms with Crippen molar-refractivity contribution < 1.29 is 4.79 Å². The van der Waals surface area contributed by atoms with Gasteiger partial charge in [-0.25, -0.2) is 0 Å². The van der Waals surface area contributed by atoms with E-state index >= 15 is 0 Å². The molecule has 0 aliphatic carbocycles. The molecule has 2 saturated heterocycles. The molecule has 3 rings (SSSR count). The van der Waals surface area contributed by atoms with E-state index in [-0.39, 0.29) is 5.91 Å². The third-order valence-corrected chi connectivity index (χ3v) is 4.49. The first-order valence-corrected chi connectivity index (χ1v) is 7.50. The SMILES string of the molecule is Cc1ccc(NC(=O)CN2CCC3CNCC3C2)cc1. The minimum Gasteiger partial charge on any atom is -0.325 e. The first kappa shape index (κ1) is 13.6. The lowest BCUT2D eigenvalue weighted by Gasteiger charge is -2.33. The lowest BCUT2D eigenvalue weighted by molar-refractivity contribution is -0.117. The Morgan fingerprint density at radius 3 is 2.85 bits per heavy atom. The highest BCUT2D eigenvalue weighted by molar-refractivity contribution is 5.92. The van der Waals surface area contributed by atoms with E-state index in [2.05, 4.69) is 15.5 Å². The van der Waals surface area contributed by atoms with Crippen LogP contribution >= 0.6 is 0 Å². The van der Waals surface area contributed by atoms with Crippen LogP contribution in [0.4, 0.5) is 5.69 Å². The van der Waals surface area contributed by atoms with Gasteiger partial charge >= 0.3 is 0 Å². The van der Waals surface area contributed by atoms with Gasteiger partial charge in [0.25, 0.3) is 0 Å². The second-order valence-corrected chi connectivity index (χ2v) is 6.12. The maximum Gasteiger partial charge on any atom is 0.238 e. The van der Waals surface area contributed by atoms with Crippen molar-refractivity contribution in [1.29, 1.82) is 0 Å². The van der Waals surface area contributed by atoms with Crippen molar-refractivity contribution in [3.8, 4) is 0 Å². The van der Waals surface area contributed by atoms with E-state index in [0.717, 1.165) is 43.7 Å². The second-order valence-electron chi connectivity index (χ2n) is 6.12. The molecule has 4 heteroatoms. The van der Waals surface area contributed by atoms with Crippen LogP contribution in [-0.2, 0) is 4.79 Å². The topological polar surface area (TPSA) is 44.4 Å². The summed E-state index contributed by atoms with van der Waals surface area (Å²) in [5.74, 6) is 1.65. The molecule has 2 N–H and O–H groups in total. The monoisotopic (exact) mass is 273 g/mol. The standard InChI is InChI=1S/C16H23N3O/c1-12-2-4-15(5-3-12)18-16(20)11-19-7-6-13-8-17-9-14(13)10-19/h2-5,13-14,17H,6-11H2,1H3,(H,18,20). The summed E-state index contributed by atoms with van der Waals surface area (Å²) in [5.41, 5.74) is 2.09. The van der Waals surface area contributed by atoms with Crippen LogP contribution in [0.3, 0.4) is 0 Å². The van der Waals surface area contributed by atoms with Crippen LogP contribution in [-0.4, -0.2) is 43.5 Å². The summed E-state index contributed by atoms with van der Waals surface area (Å²) >= 11 is 0. The number of anilines is 1. The van der Waals surface area contributed by atoms with Gasteiger partial charge in [-0.2, -0.15) is 0 Å². The van der Waals surface area contributed by atoms with E-state index in [4.69, 9.17) is 0 Å². The van der Waals surface area contributed by atoms with Gasteiger partial charge in [0.15, 0.2) is 0 Å². The highest BCUT2D eigenvalue weighted by atomic mass is 16.2. The number of fused-ring (bicyclic) bond motifs is 1. The maximum atomic E-state index is 12.1. The molecule has 2 unspecified atom stereocenters. The molecule has 2 heterocycles. The molecule has 1 aromatic rings. The van der Waals surface area contributed by atoms with Crippen molar-refractivity contribution in [3.05, 3.63) is 29.8 Å². The largest absolute Gasteiger partial charge is 0.325 e. The van der Waals surface area contributed by atoms with E-state index < -0.39 is 0 Å². The van der Waals surface area contributed by atoms with E-state index in [1.165, 1.54) is 12.0 Å². The number of hydrogen-bond acceptors (Lipinski definition) is 3. The van der Waals surface area contributed by atoms with Crippen LogP contribution in [0.1, 0.15) is 12.0 Å². The van der Waals surface area contributed by atoms with Crippen molar-refractivity contribution in [2.75, 3.05) is 38.0 Å². The van der Waals surface area contributed by atoms with Crippen LogP contribution < -0.4 is 10.6 Å². The van der Waals surface area contributed by atoms with Crippen LogP contribution in [0.15, 0.2) is 24.3 Å². The summed E-state index contributed by atoms with van der Waals surface area (Å²) in [6.45, 7) is 6.93. The summed E-state index contributed by atoms with van der Waals surface area (Å²) in [4.78, 5) is 14.4. The average molecular weight is 273 g/mol. The van der Waals surface area contributed by atoms with Gasteiger partial charge in [-0.1, -0.05) is 17.7 Å². The molecule has 1 aromatic carbocycles. The van der Waals surface area contributed by atoms with Crippen LogP contribution in [0, 0.1) is 18.8 Å². The fourth-order valence-electron chi connectivity index (χ4n) is 3.29. The molecule has 0 saturated carbocycles. The molecule has 0 radical (unpaired) electrons. The normalized spacial score (nSPS) is 26.2. The Morgan fingerprint density at radius 1 is 1.30 bits per heavy atom. The Morgan fingerprint density at radius 2 is 2.05 bits per heavy atom. The predicted octanol–water partition coefficient (Wildman–Crippen LogP) is 1.47. The summed E-state index contributed by atoms with van der Waals surface area (Å²) in [7, 11) is 0. The van der Waals surface area contributed by atoms with Crippen LogP contribution in [0.25, 0.3) is 0 Å². The molecular weight excluding hydrogens is 250 g/mol. The van der Waals surface area contributed by atoms with Gasteiger partial charge in [0.2, 0.25) is 5.91 Å². The number of likely N-dealkylation sites (tertiary alicyclic amines) is 1. The maximum absolute atomic E-state index is 12.1. The summed E-state index contributed by atoms with van der Waals surface area (Å²) in [6, 6.07) is 7.96. The smallest absolute Gasteiger partial charge is 0.238 e. The number of amides is 1. The molecule has 0 bridgehead atoms. The Labute approximate surface area is 120 Å². The molecule has 20 heavy (non-hydrogen) atoms. The summed E-state index contributed by atoms with van der Waals surface area (Å²) in [6.07, 6.45) is 1.22. The zero-order valence-electron chi connectivity index (χ0n) is 12.1. The minimum absolute atomic E-state index is 0.0956. The first-order valence-electron chi connectivity index (χ1n) is 7.50. The number of piperidine rings is 1. The van der Waals surface area contributed by atoms with Gasteiger partial charge < -0.3 is 10.6 Å². The Kier molecular flexibility index (Phi) is 4.03. The van der Waals surface area contributed by atoms with Gasteiger partial charge in [0.1, 0.15) is 0 Å². The molecule has 2 atom stereocenters. The predicted molar refractivity (Wildman–Crippen MR) is 80.7 cm³/mol. The summed E-state index contributed by atoms with van der Waals surface area (Å²) < 4.78 is 0. The first-order chi connectivity index (χ1) is 9.70. The average Bonchev–Trinajstić information content (AvgIpc) is 2.89. The number of aryl methyl sites for hydroxylation is 1. The zero-order chi connectivity index (χ0) is 13.9. The molecule has 2 aliphatic heterocycles. The lowest BCUT2D eigenvalue weighted by Crippen LogP contribution is -2.43. The number of hydrogen-bond donors (Lipinski definition) is 2. The third kappa shape index (κ3) is 3.19. The molecule has 108 valence electrons. The van der Waals surface area contributed by atoms with Gasteiger partial charge in [0, 0.05) is 12.2 Å². The number of nitrogens with zero attached hydrogens (tertiary/aromatic N) is 1. The Hall–Kier alpha value is -1.39. The van der Waals surface area contributed by atoms with E-state index in [1.807, 2.05) is 31.2 Å². The molecule has 0 aromatic heterocycles. The third-order valence-electron chi connectivity index (χ3n) is 4.49. The van der Waals surface area contributed by atoms with E-state index in [1.54, 1.807) is 0 Å². The number of nitrogens with one attached hydrogen (secondary N) is 2. The van der Waals surface area contributed by atoms with Crippen LogP contribution in [0.5, 0.6) is 0 Å². The Balaban J connectivity index is 1.50. The summed E-state index contributed by atoms with van der Waals surface area (Å²) in [5, 5.41) is 6.44. The highest BCUT2D eigenvalue weighted by Gasteiger charge is 2.33. The molecule has 2 aliphatic rings. The van der Waals surface area contributed by atoms with Crippen LogP contribution in [0.2, 0.25) is 0 Å². The molecule has 0 spiro atoms. The highest BCUT2D eigenvalue weighted by Crippen LogP contribution is 2.26. The zero-order valence-corrected chi connectivity index (χ0v) is 12.1. The Bertz CT molecular complexity index is 471. The fraction of sp³-hybridized carbons (Fsp3) is 0.562. The van der Waals surface area contributed by atoms with Gasteiger partial charge in [-0.3, -0.25) is 9.69 Å². The van der Waals surface area contributed by atoms with E-state index in [9.17, 15) is 4.79 Å². The van der Waals surface area contributed by atoms with E-state index in [0.29, 0.717) is 6.54 Å². The quantitative estimate of drug-likeness (QED) is 0.876. The molecule has 2 fully saturated rings. The van der Waals surface area contributed by atoms with Crippen molar-refractivity contribution in [1.82, 2.24) is 10.2 Å². The number of carbonyl (C=O) groups is 1. The minimum atomic E-state index is 0.0956. The van der Waals surface area contributed by atoms with Crippen molar-refractivity contribution in [2.24, 2.45) is 11.8 Å². The lowest BCUT2D eigenvalue weighted by atomic mass is 9.89. The number of rotatable bonds is 3. The van der Waals surface area contributed by atoms with Crippen molar-refractivity contribution in [2.45, 2.75) is 13.3 Å². The van der Waals surface area contributed by atoms with Gasteiger partial charge in [0.05, 0.1) is 6.54 Å². The fourth-order valence-corrected chi connectivity index (χ4v) is 3.29. The number of carbonyl (C=O) groups excluding carboxylic acids is 1.